The minimum atomic E-state index is -0.460. The lowest BCUT2D eigenvalue weighted by molar-refractivity contribution is -0.128. The molecular weight excluding hydrogens is 244 g/mol. The Labute approximate surface area is 116 Å². The minimum absolute atomic E-state index is 0.0975. The molecule has 0 aromatic carbocycles. The van der Waals surface area contributed by atoms with Crippen LogP contribution < -0.4 is 10.6 Å². The third-order valence-corrected chi connectivity index (χ3v) is 3.84. The lowest BCUT2D eigenvalue weighted by Crippen LogP contribution is -2.39. The second-order valence-corrected chi connectivity index (χ2v) is 5.21. The molecule has 0 aromatic rings. The molecular formula is C14H28N2O3. The summed E-state index contributed by atoms with van der Waals surface area (Å²) in [5, 5.41) is 15.9. The smallest absolute Gasteiger partial charge is 0.246 e. The molecule has 1 fully saturated rings. The van der Waals surface area contributed by atoms with Gasteiger partial charge in [-0.15, -0.1) is 0 Å². The molecule has 0 aliphatic carbocycles. The van der Waals surface area contributed by atoms with Crippen molar-refractivity contribution < 1.29 is 14.6 Å². The van der Waals surface area contributed by atoms with Crippen LogP contribution in [0.5, 0.6) is 0 Å². The monoisotopic (exact) mass is 272 g/mol. The molecule has 3 N–H and O–H groups in total. The largest absolute Gasteiger partial charge is 0.391 e. The minimum Gasteiger partial charge on any atom is -0.391 e. The first-order valence-electron chi connectivity index (χ1n) is 7.44. The van der Waals surface area contributed by atoms with Gasteiger partial charge in [0.15, 0.2) is 0 Å². The van der Waals surface area contributed by atoms with Crippen molar-refractivity contribution in [3.05, 3.63) is 0 Å². The maximum absolute atomic E-state index is 11.6. The number of nitrogens with one attached hydrogen (secondary N) is 2. The zero-order valence-corrected chi connectivity index (χ0v) is 12.2. The van der Waals surface area contributed by atoms with Crippen LogP contribution in [-0.4, -0.2) is 49.5 Å². The van der Waals surface area contributed by atoms with E-state index in [1.165, 1.54) is 0 Å². The Kier molecular flexibility index (Phi) is 8.02. The lowest BCUT2D eigenvalue weighted by atomic mass is 9.96. The Morgan fingerprint density at radius 3 is 2.58 bits per heavy atom. The number of aliphatic hydroxyl groups is 1. The molecule has 1 saturated heterocycles. The van der Waals surface area contributed by atoms with E-state index >= 15 is 0 Å². The van der Waals surface area contributed by atoms with Crippen molar-refractivity contribution in [3.8, 4) is 0 Å². The maximum atomic E-state index is 11.6. The molecule has 1 unspecified atom stereocenters. The molecule has 112 valence electrons. The first kappa shape index (κ1) is 16.4. The van der Waals surface area contributed by atoms with Crippen LogP contribution in [-0.2, 0) is 9.53 Å². The number of hydrogen-bond acceptors (Lipinski definition) is 4. The topological polar surface area (TPSA) is 70.6 Å². The van der Waals surface area contributed by atoms with Crippen molar-refractivity contribution in [1.29, 1.82) is 0 Å². The van der Waals surface area contributed by atoms with Gasteiger partial charge in [0.25, 0.3) is 0 Å². The molecule has 1 heterocycles. The summed E-state index contributed by atoms with van der Waals surface area (Å²) in [6.07, 6.45) is 3.51. The van der Waals surface area contributed by atoms with Crippen molar-refractivity contribution in [1.82, 2.24) is 10.6 Å². The summed E-state index contributed by atoms with van der Waals surface area (Å²) in [4.78, 5) is 11.6. The maximum Gasteiger partial charge on any atom is 0.246 e. The van der Waals surface area contributed by atoms with Gasteiger partial charge in [-0.2, -0.15) is 0 Å². The fourth-order valence-electron chi connectivity index (χ4n) is 2.42. The fraction of sp³-hybridized carbons (Fsp3) is 0.929. The molecule has 1 amide bonds. The molecule has 5 heteroatoms. The van der Waals surface area contributed by atoms with Crippen LogP contribution in [0, 0.1) is 5.92 Å². The highest BCUT2D eigenvalue weighted by Crippen LogP contribution is 2.12. The predicted octanol–water partition coefficient (Wildman–Crippen LogP) is 0.668. The second kappa shape index (κ2) is 9.28. The van der Waals surface area contributed by atoms with E-state index in [-0.39, 0.29) is 24.5 Å². The number of rotatable bonds is 8. The molecule has 1 rings (SSSR count). The van der Waals surface area contributed by atoms with Gasteiger partial charge >= 0.3 is 0 Å². The molecule has 5 nitrogen and oxygen atoms in total. The number of carbonyl (C=O) groups excluding carboxylic acids is 1. The van der Waals surface area contributed by atoms with Crippen molar-refractivity contribution in [3.63, 3.8) is 0 Å². The lowest BCUT2D eigenvalue weighted by Gasteiger charge is -2.23. The molecule has 1 aliphatic rings. The van der Waals surface area contributed by atoms with Crippen LogP contribution in [0.15, 0.2) is 0 Å². The standard InChI is InChI=1S/C14H28N2O3/c1-3-11(4-2)13(17)9-16-14(18)10-19-12-5-7-15-8-6-12/h11-13,15,17H,3-10H2,1-2H3,(H,16,18). The van der Waals surface area contributed by atoms with Crippen molar-refractivity contribution in [2.75, 3.05) is 26.2 Å². The van der Waals surface area contributed by atoms with Crippen molar-refractivity contribution >= 4 is 5.91 Å². The van der Waals surface area contributed by atoms with Crippen LogP contribution in [0.4, 0.5) is 0 Å². The third kappa shape index (κ3) is 6.36. The molecule has 0 aromatic heterocycles. The molecule has 1 atom stereocenters. The Hall–Kier alpha value is -0.650. The van der Waals surface area contributed by atoms with E-state index in [1.807, 2.05) is 0 Å². The average Bonchev–Trinajstić information content (AvgIpc) is 2.45. The average molecular weight is 272 g/mol. The summed E-state index contributed by atoms with van der Waals surface area (Å²) in [6.45, 7) is 6.44. The Morgan fingerprint density at radius 1 is 1.37 bits per heavy atom. The van der Waals surface area contributed by atoms with Gasteiger partial charge in [-0.3, -0.25) is 4.79 Å². The van der Waals surface area contributed by atoms with E-state index in [2.05, 4.69) is 24.5 Å². The van der Waals surface area contributed by atoms with Gasteiger partial charge in [0.1, 0.15) is 6.61 Å². The zero-order valence-electron chi connectivity index (χ0n) is 12.2. The van der Waals surface area contributed by atoms with E-state index in [4.69, 9.17) is 4.74 Å². The molecule has 0 radical (unpaired) electrons. The SMILES string of the molecule is CCC(CC)C(O)CNC(=O)COC1CCNCC1. The number of carbonyl (C=O) groups is 1. The summed E-state index contributed by atoms with van der Waals surface area (Å²) in [6, 6.07) is 0. The van der Waals surface area contributed by atoms with Crippen LogP contribution in [0.1, 0.15) is 39.5 Å². The van der Waals surface area contributed by atoms with Gasteiger partial charge in [0.2, 0.25) is 5.91 Å². The van der Waals surface area contributed by atoms with Crippen LogP contribution in [0.25, 0.3) is 0 Å². The van der Waals surface area contributed by atoms with Gasteiger partial charge in [-0.1, -0.05) is 26.7 Å². The van der Waals surface area contributed by atoms with Crippen LogP contribution in [0.2, 0.25) is 0 Å². The third-order valence-electron chi connectivity index (χ3n) is 3.84. The first-order chi connectivity index (χ1) is 9.17. The summed E-state index contributed by atoms with van der Waals surface area (Å²) in [5.41, 5.74) is 0. The van der Waals surface area contributed by atoms with Crippen molar-refractivity contribution in [2.45, 2.75) is 51.7 Å². The van der Waals surface area contributed by atoms with Gasteiger partial charge in [-0.05, 0) is 31.8 Å². The zero-order chi connectivity index (χ0) is 14.1. The van der Waals surface area contributed by atoms with Crippen molar-refractivity contribution in [2.24, 2.45) is 5.92 Å². The quantitative estimate of drug-likeness (QED) is 0.607. The number of aliphatic hydroxyl groups excluding tert-OH is 1. The normalized spacial score (nSPS) is 18.5. The van der Waals surface area contributed by atoms with E-state index < -0.39 is 6.10 Å². The van der Waals surface area contributed by atoms with E-state index in [9.17, 15) is 9.90 Å². The summed E-state index contributed by atoms with van der Waals surface area (Å²) in [7, 11) is 0. The number of ether oxygens (including phenoxy) is 1. The van der Waals surface area contributed by atoms with Gasteiger partial charge in [0.05, 0.1) is 12.2 Å². The Morgan fingerprint density at radius 2 is 2.00 bits per heavy atom. The highest BCUT2D eigenvalue weighted by atomic mass is 16.5. The molecule has 0 saturated carbocycles. The first-order valence-corrected chi connectivity index (χ1v) is 7.44. The van der Waals surface area contributed by atoms with E-state index in [0.717, 1.165) is 38.8 Å². The summed E-state index contributed by atoms with van der Waals surface area (Å²) in [5.74, 6) is 0.120. The Balaban J connectivity index is 2.13. The molecule has 1 aliphatic heterocycles. The second-order valence-electron chi connectivity index (χ2n) is 5.21. The highest BCUT2D eigenvalue weighted by molar-refractivity contribution is 5.77. The van der Waals surface area contributed by atoms with Crippen LogP contribution in [0.3, 0.4) is 0 Å². The molecule has 0 spiro atoms. The number of amides is 1. The van der Waals surface area contributed by atoms with Gasteiger partial charge in [-0.25, -0.2) is 0 Å². The number of piperidine rings is 1. The highest BCUT2D eigenvalue weighted by Gasteiger charge is 2.17. The predicted molar refractivity (Wildman–Crippen MR) is 74.9 cm³/mol. The molecule has 19 heavy (non-hydrogen) atoms. The number of hydrogen-bond donors (Lipinski definition) is 3. The summed E-state index contributed by atoms with van der Waals surface area (Å²) >= 11 is 0. The van der Waals surface area contributed by atoms with Gasteiger partial charge < -0.3 is 20.5 Å². The van der Waals surface area contributed by atoms with E-state index in [0.29, 0.717) is 6.54 Å². The fourth-order valence-corrected chi connectivity index (χ4v) is 2.42. The van der Waals surface area contributed by atoms with Crippen LogP contribution >= 0.6 is 0 Å². The summed E-state index contributed by atoms with van der Waals surface area (Å²) < 4.78 is 5.56. The Bertz CT molecular complexity index is 251. The molecule has 0 bridgehead atoms. The van der Waals surface area contributed by atoms with Gasteiger partial charge in [0, 0.05) is 6.54 Å². The van der Waals surface area contributed by atoms with E-state index in [1.54, 1.807) is 0 Å².